The van der Waals surface area contributed by atoms with Crippen LogP contribution in [0.3, 0.4) is 0 Å². The standard InChI is InChI=1S/C16H10FNO2/c17-12-8-9-16(18(19)20)15(10-12)14-7-3-5-11-4-1-2-6-13(11)14/h1-10H. The maximum atomic E-state index is 13.5. The lowest BCUT2D eigenvalue weighted by Gasteiger charge is -2.07. The number of hydrogen-bond donors (Lipinski definition) is 0. The number of rotatable bonds is 2. The molecule has 98 valence electrons. The molecule has 0 unspecified atom stereocenters. The minimum atomic E-state index is -0.490. The largest absolute Gasteiger partial charge is 0.277 e. The van der Waals surface area contributed by atoms with Crippen molar-refractivity contribution < 1.29 is 9.31 Å². The highest BCUT2D eigenvalue weighted by Gasteiger charge is 2.17. The van der Waals surface area contributed by atoms with Gasteiger partial charge in [-0.15, -0.1) is 0 Å². The van der Waals surface area contributed by atoms with Crippen molar-refractivity contribution in [2.75, 3.05) is 0 Å². The summed E-state index contributed by atoms with van der Waals surface area (Å²) in [5.41, 5.74) is 0.865. The first-order valence-electron chi connectivity index (χ1n) is 6.09. The Morgan fingerprint density at radius 3 is 2.45 bits per heavy atom. The molecule has 0 aromatic heterocycles. The molecular formula is C16H10FNO2. The Morgan fingerprint density at radius 1 is 0.900 bits per heavy atom. The second-order valence-corrected chi connectivity index (χ2v) is 4.45. The fraction of sp³-hybridized carbons (Fsp3) is 0. The predicted molar refractivity (Wildman–Crippen MR) is 76.0 cm³/mol. The molecule has 0 N–H and O–H groups in total. The van der Waals surface area contributed by atoms with Crippen molar-refractivity contribution in [3.05, 3.63) is 76.6 Å². The van der Waals surface area contributed by atoms with Crippen LogP contribution >= 0.6 is 0 Å². The lowest BCUT2D eigenvalue weighted by atomic mass is 9.97. The van der Waals surface area contributed by atoms with Crippen molar-refractivity contribution in [3.8, 4) is 11.1 Å². The molecule has 3 rings (SSSR count). The lowest BCUT2D eigenvalue weighted by Crippen LogP contribution is -1.93. The Balaban J connectivity index is 2.36. The highest BCUT2D eigenvalue weighted by atomic mass is 19.1. The highest BCUT2D eigenvalue weighted by molar-refractivity contribution is 5.98. The van der Waals surface area contributed by atoms with E-state index in [1.54, 1.807) is 6.07 Å². The minimum absolute atomic E-state index is 0.0947. The van der Waals surface area contributed by atoms with Crippen molar-refractivity contribution in [1.29, 1.82) is 0 Å². The van der Waals surface area contributed by atoms with Gasteiger partial charge < -0.3 is 0 Å². The molecule has 0 aliphatic heterocycles. The Bertz CT molecular complexity index is 809. The summed E-state index contributed by atoms with van der Waals surface area (Å²) in [7, 11) is 0. The molecule has 0 fully saturated rings. The Morgan fingerprint density at radius 2 is 1.65 bits per heavy atom. The first kappa shape index (κ1) is 12.3. The molecule has 0 bridgehead atoms. The van der Waals surface area contributed by atoms with E-state index < -0.39 is 10.7 Å². The van der Waals surface area contributed by atoms with Crippen molar-refractivity contribution in [2.45, 2.75) is 0 Å². The normalized spacial score (nSPS) is 10.7. The van der Waals surface area contributed by atoms with E-state index in [1.807, 2.05) is 36.4 Å². The van der Waals surface area contributed by atoms with Gasteiger partial charge in [-0.05, 0) is 28.5 Å². The van der Waals surface area contributed by atoms with E-state index in [0.717, 1.165) is 16.8 Å². The minimum Gasteiger partial charge on any atom is -0.258 e. The third-order valence-electron chi connectivity index (χ3n) is 3.24. The number of nitrogens with zero attached hydrogens (tertiary/aromatic N) is 1. The quantitative estimate of drug-likeness (QED) is 0.504. The second-order valence-electron chi connectivity index (χ2n) is 4.45. The van der Waals surface area contributed by atoms with Crippen LogP contribution < -0.4 is 0 Å². The van der Waals surface area contributed by atoms with E-state index in [9.17, 15) is 14.5 Å². The van der Waals surface area contributed by atoms with Gasteiger partial charge in [0.05, 0.1) is 10.5 Å². The van der Waals surface area contributed by atoms with E-state index in [2.05, 4.69) is 0 Å². The van der Waals surface area contributed by atoms with Crippen LogP contribution in [0, 0.1) is 15.9 Å². The fourth-order valence-electron chi connectivity index (χ4n) is 2.34. The molecule has 0 heterocycles. The molecular weight excluding hydrogens is 257 g/mol. The van der Waals surface area contributed by atoms with Crippen LogP contribution in [-0.2, 0) is 0 Å². The molecule has 20 heavy (non-hydrogen) atoms. The average Bonchev–Trinajstić information content (AvgIpc) is 2.46. The first-order chi connectivity index (χ1) is 9.66. The number of halogens is 1. The maximum absolute atomic E-state index is 13.5. The summed E-state index contributed by atoms with van der Waals surface area (Å²) in [5, 5.41) is 13.0. The van der Waals surface area contributed by atoms with Gasteiger partial charge in [0.2, 0.25) is 0 Å². The van der Waals surface area contributed by atoms with Crippen molar-refractivity contribution in [2.24, 2.45) is 0 Å². The summed E-state index contributed by atoms with van der Waals surface area (Å²) in [5.74, 6) is -0.487. The van der Waals surface area contributed by atoms with Gasteiger partial charge >= 0.3 is 0 Å². The van der Waals surface area contributed by atoms with E-state index in [-0.39, 0.29) is 5.69 Å². The molecule has 4 heteroatoms. The molecule has 0 spiro atoms. The zero-order valence-corrected chi connectivity index (χ0v) is 10.4. The van der Waals surface area contributed by atoms with Crippen LogP contribution in [0.1, 0.15) is 0 Å². The lowest BCUT2D eigenvalue weighted by molar-refractivity contribution is -0.384. The molecule has 0 saturated heterocycles. The topological polar surface area (TPSA) is 43.1 Å². The van der Waals surface area contributed by atoms with Crippen LogP contribution in [0.25, 0.3) is 21.9 Å². The molecule has 0 aliphatic carbocycles. The summed E-state index contributed by atoms with van der Waals surface area (Å²) in [6.45, 7) is 0. The number of benzene rings is 3. The van der Waals surface area contributed by atoms with E-state index >= 15 is 0 Å². The SMILES string of the molecule is O=[N+]([O-])c1ccc(F)cc1-c1cccc2ccccc12. The number of fused-ring (bicyclic) bond motifs is 1. The summed E-state index contributed by atoms with van der Waals surface area (Å²) in [4.78, 5) is 10.6. The summed E-state index contributed by atoms with van der Waals surface area (Å²) in [6.07, 6.45) is 0. The molecule has 0 amide bonds. The summed E-state index contributed by atoms with van der Waals surface area (Å²) >= 11 is 0. The van der Waals surface area contributed by atoms with Gasteiger partial charge in [-0.3, -0.25) is 10.1 Å². The number of nitro groups is 1. The Hall–Kier alpha value is -2.75. The van der Waals surface area contributed by atoms with Crippen molar-refractivity contribution >= 4 is 16.5 Å². The van der Waals surface area contributed by atoms with Gasteiger partial charge in [-0.2, -0.15) is 0 Å². The van der Waals surface area contributed by atoms with Crippen LogP contribution in [0.5, 0.6) is 0 Å². The maximum Gasteiger partial charge on any atom is 0.277 e. The molecule has 3 aromatic rings. The van der Waals surface area contributed by atoms with Gasteiger partial charge in [-0.25, -0.2) is 4.39 Å². The molecule has 3 nitrogen and oxygen atoms in total. The van der Waals surface area contributed by atoms with E-state index in [0.29, 0.717) is 11.1 Å². The van der Waals surface area contributed by atoms with Gasteiger partial charge in [0.25, 0.3) is 5.69 Å². The monoisotopic (exact) mass is 267 g/mol. The zero-order chi connectivity index (χ0) is 14.1. The Labute approximate surface area is 114 Å². The molecule has 0 atom stereocenters. The average molecular weight is 267 g/mol. The van der Waals surface area contributed by atoms with Crippen LogP contribution in [0.4, 0.5) is 10.1 Å². The van der Waals surface area contributed by atoms with Gasteiger partial charge in [-0.1, -0.05) is 42.5 Å². The van der Waals surface area contributed by atoms with Gasteiger partial charge in [0.1, 0.15) is 5.82 Å². The van der Waals surface area contributed by atoms with Crippen LogP contribution in [0.2, 0.25) is 0 Å². The molecule has 0 radical (unpaired) electrons. The second kappa shape index (κ2) is 4.74. The third kappa shape index (κ3) is 2.01. The molecule has 0 aliphatic rings. The molecule has 3 aromatic carbocycles. The zero-order valence-electron chi connectivity index (χ0n) is 10.4. The number of hydrogen-bond acceptors (Lipinski definition) is 2. The number of nitro benzene ring substituents is 1. The van der Waals surface area contributed by atoms with Crippen molar-refractivity contribution in [1.82, 2.24) is 0 Å². The predicted octanol–water partition coefficient (Wildman–Crippen LogP) is 4.55. The van der Waals surface area contributed by atoms with Crippen LogP contribution in [-0.4, -0.2) is 4.92 Å². The van der Waals surface area contributed by atoms with Crippen molar-refractivity contribution in [3.63, 3.8) is 0 Å². The Kier molecular flexibility index (Phi) is 2.91. The third-order valence-corrected chi connectivity index (χ3v) is 3.24. The molecule has 0 saturated carbocycles. The fourth-order valence-corrected chi connectivity index (χ4v) is 2.34. The van der Waals surface area contributed by atoms with Crippen LogP contribution in [0.15, 0.2) is 60.7 Å². The van der Waals surface area contributed by atoms with E-state index in [4.69, 9.17) is 0 Å². The summed E-state index contributed by atoms with van der Waals surface area (Å²) in [6, 6.07) is 16.6. The summed E-state index contributed by atoms with van der Waals surface area (Å²) < 4.78 is 13.5. The highest BCUT2D eigenvalue weighted by Crippen LogP contribution is 2.35. The van der Waals surface area contributed by atoms with Gasteiger partial charge in [0.15, 0.2) is 0 Å². The smallest absolute Gasteiger partial charge is 0.258 e. The van der Waals surface area contributed by atoms with E-state index in [1.165, 1.54) is 12.1 Å². The first-order valence-corrected chi connectivity index (χ1v) is 6.09. The van der Waals surface area contributed by atoms with Gasteiger partial charge in [0, 0.05) is 6.07 Å².